The van der Waals surface area contributed by atoms with Crippen LogP contribution in [0.25, 0.3) is 16.9 Å². The maximum atomic E-state index is 13.6. The first-order valence-corrected chi connectivity index (χ1v) is 11.7. The van der Waals surface area contributed by atoms with Crippen LogP contribution in [-0.2, 0) is 6.54 Å². The molecule has 0 atom stereocenters. The van der Waals surface area contributed by atoms with Crippen LogP contribution in [-0.4, -0.2) is 52.8 Å². The predicted octanol–water partition coefficient (Wildman–Crippen LogP) is 5.37. The van der Waals surface area contributed by atoms with Gasteiger partial charge in [0.15, 0.2) is 5.82 Å². The number of rotatable bonds is 8. The molecule has 3 aromatic carbocycles. The topological polar surface area (TPSA) is 79.4 Å². The smallest absolute Gasteiger partial charge is 0.322 e. The zero-order chi connectivity index (χ0) is 24.8. The zero-order valence-electron chi connectivity index (χ0n) is 19.9. The molecule has 3 N–H and O–H groups in total. The number of nitrogens with one attached hydrogen (secondary N) is 1. The number of nitrogens with two attached hydrogens (primary N) is 1. The molecule has 0 radical (unpaired) electrons. The van der Waals surface area contributed by atoms with Gasteiger partial charge in [-0.05, 0) is 31.8 Å². The van der Waals surface area contributed by atoms with Crippen molar-refractivity contribution in [2.45, 2.75) is 6.54 Å². The summed E-state index contributed by atoms with van der Waals surface area (Å²) in [6.07, 6.45) is 0. The molecule has 35 heavy (non-hydrogen) atoms. The van der Waals surface area contributed by atoms with Crippen molar-refractivity contribution in [2.24, 2.45) is 0 Å². The van der Waals surface area contributed by atoms with Crippen molar-refractivity contribution in [1.82, 2.24) is 19.6 Å². The quantitative estimate of drug-likeness (QED) is 0.349. The van der Waals surface area contributed by atoms with Crippen LogP contribution < -0.4 is 11.1 Å². The normalized spacial score (nSPS) is 11.0. The molecule has 8 heteroatoms. The van der Waals surface area contributed by atoms with Gasteiger partial charge in [-0.3, -0.25) is 0 Å². The molecule has 4 rings (SSSR count). The second-order valence-corrected chi connectivity index (χ2v) is 8.89. The minimum Gasteiger partial charge on any atom is -0.382 e. The Morgan fingerprint density at radius 1 is 0.943 bits per heavy atom. The van der Waals surface area contributed by atoms with E-state index in [1.54, 1.807) is 15.6 Å². The van der Waals surface area contributed by atoms with Crippen LogP contribution in [0.2, 0.25) is 5.02 Å². The SMILES string of the molecule is CN(C)CCN(Cc1ccccc1)C(=O)Nc1c(-c2ccccc2)nn(-c2ccccc2Cl)c1N. The van der Waals surface area contributed by atoms with E-state index in [1.165, 1.54) is 0 Å². The lowest BCUT2D eigenvalue weighted by molar-refractivity contribution is 0.202. The minimum absolute atomic E-state index is 0.252. The second-order valence-electron chi connectivity index (χ2n) is 8.48. The Kier molecular flexibility index (Phi) is 7.70. The molecule has 0 fully saturated rings. The molecular formula is C27H29ClN6O. The summed E-state index contributed by atoms with van der Waals surface area (Å²) in [5.41, 5.74) is 10.1. The summed E-state index contributed by atoms with van der Waals surface area (Å²) in [5, 5.41) is 8.31. The molecule has 7 nitrogen and oxygen atoms in total. The van der Waals surface area contributed by atoms with E-state index in [4.69, 9.17) is 22.4 Å². The van der Waals surface area contributed by atoms with Gasteiger partial charge < -0.3 is 20.9 Å². The summed E-state index contributed by atoms with van der Waals surface area (Å²) in [5.74, 6) is 0.303. The monoisotopic (exact) mass is 488 g/mol. The summed E-state index contributed by atoms with van der Waals surface area (Å²) in [6.45, 7) is 1.74. The highest BCUT2D eigenvalue weighted by atomic mass is 35.5. The third-order valence-electron chi connectivity index (χ3n) is 5.60. The number of benzene rings is 3. The Morgan fingerprint density at radius 2 is 1.57 bits per heavy atom. The standard InChI is InChI=1S/C27H29ClN6O/c1-32(2)17-18-33(19-20-11-5-3-6-12-20)27(35)30-25-24(21-13-7-4-8-14-21)31-34(26(25)29)23-16-10-9-15-22(23)28/h3-16H,17-19,29H2,1-2H3,(H,30,35). The van der Waals surface area contributed by atoms with E-state index in [9.17, 15) is 4.79 Å². The van der Waals surface area contributed by atoms with E-state index in [-0.39, 0.29) is 6.03 Å². The van der Waals surface area contributed by atoms with E-state index in [1.807, 2.05) is 97.9 Å². The van der Waals surface area contributed by atoms with Crippen LogP contribution in [0.15, 0.2) is 84.9 Å². The van der Waals surface area contributed by atoms with Crippen LogP contribution in [0.4, 0.5) is 16.3 Å². The van der Waals surface area contributed by atoms with Gasteiger partial charge in [0.1, 0.15) is 11.4 Å². The first-order valence-electron chi connectivity index (χ1n) is 11.4. The average molecular weight is 489 g/mol. The molecule has 0 aliphatic rings. The number of para-hydroxylation sites is 1. The number of anilines is 2. The molecule has 0 bridgehead atoms. The summed E-state index contributed by atoms with van der Waals surface area (Å²) < 4.78 is 1.57. The second kappa shape index (κ2) is 11.1. The number of nitrogens with zero attached hydrogens (tertiary/aromatic N) is 4. The average Bonchev–Trinajstić information content (AvgIpc) is 3.18. The molecule has 1 aromatic heterocycles. The lowest BCUT2D eigenvalue weighted by atomic mass is 10.1. The van der Waals surface area contributed by atoms with Crippen molar-refractivity contribution < 1.29 is 4.79 Å². The first-order chi connectivity index (χ1) is 16.9. The van der Waals surface area contributed by atoms with Crippen molar-refractivity contribution in [3.63, 3.8) is 0 Å². The number of likely N-dealkylation sites (N-methyl/N-ethyl adjacent to an activating group) is 1. The van der Waals surface area contributed by atoms with E-state index in [0.717, 1.165) is 17.7 Å². The number of halogens is 1. The fourth-order valence-electron chi connectivity index (χ4n) is 3.72. The lowest BCUT2D eigenvalue weighted by Crippen LogP contribution is -2.39. The van der Waals surface area contributed by atoms with E-state index in [0.29, 0.717) is 41.0 Å². The van der Waals surface area contributed by atoms with Gasteiger partial charge in [-0.25, -0.2) is 9.48 Å². The van der Waals surface area contributed by atoms with Gasteiger partial charge in [0.25, 0.3) is 0 Å². The van der Waals surface area contributed by atoms with Gasteiger partial charge in [-0.2, -0.15) is 5.10 Å². The highest BCUT2D eigenvalue weighted by molar-refractivity contribution is 6.32. The fraction of sp³-hybridized carbons (Fsp3) is 0.185. The maximum absolute atomic E-state index is 13.6. The van der Waals surface area contributed by atoms with Crippen LogP contribution >= 0.6 is 11.6 Å². The summed E-state index contributed by atoms with van der Waals surface area (Å²) in [7, 11) is 3.97. The molecular weight excluding hydrogens is 460 g/mol. The van der Waals surface area contributed by atoms with E-state index < -0.39 is 0 Å². The zero-order valence-corrected chi connectivity index (χ0v) is 20.6. The molecule has 0 saturated carbocycles. The number of hydrogen-bond donors (Lipinski definition) is 2. The van der Waals surface area contributed by atoms with E-state index >= 15 is 0 Å². The Balaban J connectivity index is 1.71. The molecule has 0 aliphatic carbocycles. The van der Waals surface area contributed by atoms with Crippen molar-refractivity contribution in [3.05, 3.63) is 95.5 Å². The number of carbonyl (C=O) groups is 1. The number of nitrogen functional groups attached to an aromatic ring is 1. The van der Waals surface area contributed by atoms with Gasteiger partial charge in [0.05, 0.1) is 10.7 Å². The molecule has 4 aromatic rings. The van der Waals surface area contributed by atoms with Gasteiger partial charge in [0, 0.05) is 25.2 Å². The maximum Gasteiger partial charge on any atom is 0.322 e. The highest BCUT2D eigenvalue weighted by Gasteiger charge is 2.23. The van der Waals surface area contributed by atoms with Gasteiger partial charge in [0.2, 0.25) is 0 Å². The van der Waals surface area contributed by atoms with Crippen LogP contribution in [0.3, 0.4) is 0 Å². The Labute approximate surface area is 210 Å². The Bertz CT molecular complexity index is 1270. The van der Waals surface area contributed by atoms with Crippen LogP contribution in [0.5, 0.6) is 0 Å². The molecule has 0 spiro atoms. The van der Waals surface area contributed by atoms with Crippen molar-refractivity contribution in [3.8, 4) is 16.9 Å². The highest BCUT2D eigenvalue weighted by Crippen LogP contribution is 2.35. The molecule has 2 amide bonds. The number of urea groups is 1. The van der Waals surface area contributed by atoms with Crippen molar-refractivity contribution in [2.75, 3.05) is 38.2 Å². The predicted molar refractivity (Wildman–Crippen MR) is 143 cm³/mol. The van der Waals surface area contributed by atoms with Crippen LogP contribution in [0.1, 0.15) is 5.56 Å². The van der Waals surface area contributed by atoms with E-state index in [2.05, 4.69) is 5.32 Å². The molecule has 0 saturated heterocycles. The number of amides is 2. The first kappa shape index (κ1) is 24.3. The summed E-state index contributed by atoms with van der Waals surface area (Å²) in [6, 6.07) is 26.6. The number of aromatic nitrogens is 2. The summed E-state index contributed by atoms with van der Waals surface area (Å²) >= 11 is 6.44. The molecule has 0 aliphatic heterocycles. The van der Waals surface area contributed by atoms with Gasteiger partial charge >= 0.3 is 6.03 Å². The molecule has 180 valence electrons. The number of carbonyl (C=O) groups excluding carboxylic acids is 1. The third-order valence-corrected chi connectivity index (χ3v) is 5.92. The van der Waals surface area contributed by atoms with Gasteiger partial charge in [-0.15, -0.1) is 0 Å². The molecule has 1 heterocycles. The van der Waals surface area contributed by atoms with Crippen molar-refractivity contribution >= 4 is 29.1 Å². The molecule has 0 unspecified atom stereocenters. The van der Waals surface area contributed by atoms with Gasteiger partial charge in [-0.1, -0.05) is 84.4 Å². The third kappa shape index (κ3) is 5.82. The largest absolute Gasteiger partial charge is 0.382 e. The Morgan fingerprint density at radius 3 is 2.23 bits per heavy atom. The minimum atomic E-state index is -0.252. The fourth-order valence-corrected chi connectivity index (χ4v) is 3.94. The summed E-state index contributed by atoms with van der Waals surface area (Å²) in [4.78, 5) is 17.4. The van der Waals surface area contributed by atoms with Crippen LogP contribution in [0, 0.1) is 0 Å². The number of hydrogen-bond acceptors (Lipinski definition) is 4. The Hall–Kier alpha value is -3.81. The van der Waals surface area contributed by atoms with Crippen molar-refractivity contribution in [1.29, 1.82) is 0 Å². The lowest BCUT2D eigenvalue weighted by Gasteiger charge is -2.25.